The van der Waals surface area contributed by atoms with Gasteiger partial charge in [0.05, 0.1) is 12.2 Å². The Balaban J connectivity index is 3.49. The van der Waals surface area contributed by atoms with Crippen molar-refractivity contribution in [2.75, 3.05) is 0 Å². The number of carboxylic acid groups (broad SMARTS) is 1. The standard InChI is InChI=1S/C9H6Cl3FO3/c10-9(11,12)6-1-4(3-14)7(13)2-5(6)8(15)16/h1-2,14H,3H2,(H,15,16). The van der Waals surface area contributed by atoms with Crippen molar-refractivity contribution in [3.05, 3.63) is 34.6 Å². The first-order chi connectivity index (χ1) is 7.27. The normalized spacial score (nSPS) is 11.6. The Morgan fingerprint density at radius 1 is 1.38 bits per heavy atom. The molecular weight excluding hydrogens is 281 g/mol. The lowest BCUT2D eigenvalue weighted by molar-refractivity contribution is 0.0695. The zero-order chi connectivity index (χ0) is 12.5. The van der Waals surface area contributed by atoms with Crippen molar-refractivity contribution in [3.63, 3.8) is 0 Å². The maximum absolute atomic E-state index is 13.2. The van der Waals surface area contributed by atoms with E-state index in [0.29, 0.717) is 6.07 Å². The number of aliphatic hydroxyl groups is 1. The van der Waals surface area contributed by atoms with Gasteiger partial charge in [-0.2, -0.15) is 0 Å². The molecule has 0 saturated carbocycles. The van der Waals surface area contributed by atoms with Gasteiger partial charge < -0.3 is 10.2 Å². The van der Waals surface area contributed by atoms with E-state index in [1.807, 2.05) is 0 Å². The van der Waals surface area contributed by atoms with Crippen LogP contribution in [0.25, 0.3) is 0 Å². The molecule has 0 heterocycles. The number of rotatable bonds is 2. The highest BCUT2D eigenvalue weighted by atomic mass is 35.6. The number of hydrogen-bond acceptors (Lipinski definition) is 2. The van der Waals surface area contributed by atoms with E-state index >= 15 is 0 Å². The Bertz CT molecular complexity index is 429. The molecule has 0 aliphatic carbocycles. The Labute approximate surface area is 105 Å². The molecule has 1 rings (SSSR count). The molecule has 0 amide bonds. The molecule has 0 aromatic heterocycles. The third-order valence-corrected chi connectivity index (χ3v) is 2.50. The maximum atomic E-state index is 13.2. The Morgan fingerprint density at radius 3 is 2.31 bits per heavy atom. The van der Waals surface area contributed by atoms with E-state index in [1.54, 1.807) is 0 Å². The summed E-state index contributed by atoms with van der Waals surface area (Å²) in [6, 6.07) is 1.73. The van der Waals surface area contributed by atoms with Crippen LogP contribution < -0.4 is 0 Å². The molecule has 0 fully saturated rings. The van der Waals surface area contributed by atoms with Crippen molar-refractivity contribution < 1.29 is 19.4 Å². The quantitative estimate of drug-likeness (QED) is 0.822. The van der Waals surface area contributed by atoms with Crippen LogP contribution in [0.5, 0.6) is 0 Å². The monoisotopic (exact) mass is 286 g/mol. The first-order valence-corrected chi connectivity index (χ1v) is 5.14. The molecule has 0 spiro atoms. The van der Waals surface area contributed by atoms with Crippen LogP contribution in [0.1, 0.15) is 21.5 Å². The van der Waals surface area contributed by atoms with Gasteiger partial charge >= 0.3 is 5.97 Å². The minimum absolute atomic E-state index is 0.133. The number of aromatic carboxylic acids is 1. The van der Waals surface area contributed by atoms with Crippen molar-refractivity contribution in [2.45, 2.75) is 10.4 Å². The van der Waals surface area contributed by atoms with Gasteiger partial charge in [0.1, 0.15) is 5.82 Å². The van der Waals surface area contributed by atoms with Crippen LogP contribution in [0.2, 0.25) is 0 Å². The highest BCUT2D eigenvalue weighted by molar-refractivity contribution is 6.67. The van der Waals surface area contributed by atoms with E-state index in [2.05, 4.69) is 0 Å². The number of carbonyl (C=O) groups is 1. The molecule has 16 heavy (non-hydrogen) atoms. The third kappa shape index (κ3) is 2.77. The van der Waals surface area contributed by atoms with Gasteiger partial charge in [0.25, 0.3) is 0 Å². The Hall–Kier alpha value is -0.550. The van der Waals surface area contributed by atoms with E-state index in [4.69, 9.17) is 45.0 Å². The second kappa shape index (κ2) is 4.75. The van der Waals surface area contributed by atoms with Crippen LogP contribution >= 0.6 is 34.8 Å². The molecule has 88 valence electrons. The zero-order valence-corrected chi connectivity index (χ0v) is 9.94. The summed E-state index contributed by atoms with van der Waals surface area (Å²) < 4.78 is 11.2. The zero-order valence-electron chi connectivity index (χ0n) is 7.68. The van der Waals surface area contributed by atoms with E-state index in [9.17, 15) is 9.18 Å². The lowest BCUT2D eigenvalue weighted by Crippen LogP contribution is -2.12. The second-order valence-corrected chi connectivity index (χ2v) is 5.23. The summed E-state index contributed by atoms with van der Waals surface area (Å²) >= 11 is 16.7. The average Bonchev–Trinajstić information content (AvgIpc) is 2.15. The lowest BCUT2D eigenvalue weighted by atomic mass is 10.0. The molecule has 0 unspecified atom stereocenters. The summed E-state index contributed by atoms with van der Waals surface area (Å²) in [4.78, 5) is 10.8. The van der Waals surface area contributed by atoms with Crippen LogP contribution in [0.15, 0.2) is 12.1 Å². The molecule has 1 aromatic rings. The number of hydrogen-bond donors (Lipinski definition) is 2. The molecule has 3 nitrogen and oxygen atoms in total. The number of benzene rings is 1. The fourth-order valence-corrected chi connectivity index (χ4v) is 1.62. The number of halogens is 4. The number of aliphatic hydroxyl groups excluding tert-OH is 1. The van der Waals surface area contributed by atoms with E-state index < -0.39 is 27.7 Å². The average molecular weight is 288 g/mol. The van der Waals surface area contributed by atoms with Gasteiger partial charge in [-0.25, -0.2) is 9.18 Å². The molecule has 0 radical (unpaired) electrons. The summed E-state index contributed by atoms with van der Waals surface area (Å²) in [5, 5.41) is 17.6. The minimum Gasteiger partial charge on any atom is -0.478 e. The maximum Gasteiger partial charge on any atom is 0.336 e. The van der Waals surface area contributed by atoms with Gasteiger partial charge in [-0.3, -0.25) is 0 Å². The molecule has 0 bridgehead atoms. The van der Waals surface area contributed by atoms with Gasteiger partial charge in [0, 0.05) is 11.1 Å². The van der Waals surface area contributed by atoms with Crippen molar-refractivity contribution >= 4 is 40.8 Å². The van der Waals surface area contributed by atoms with Gasteiger partial charge in [-0.05, 0) is 12.1 Å². The van der Waals surface area contributed by atoms with Gasteiger partial charge in [-0.15, -0.1) is 0 Å². The van der Waals surface area contributed by atoms with Crippen LogP contribution in [0.4, 0.5) is 4.39 Å². The Morgan fingerprint density at radius 2 is 1.94 bits per heavy atom. The van der Waals surface area contributed by atoms with E-state index in [1.165, 1.54) is 0 Å². The Kier molecular flexibility index (Phi) is 4.02. The summed E-state index contributed by atoms with van der Waals surface area (Å²) in [7, 11) is 0. The first kappa shape index (κ1) is 13.5. The summed E-state index contributed by atoms with van der Waals surface area (Å²) in [5.41, 5.74) is -0.767. The van der Waals surface area contributed by atoms with Crippen molar-refractivity contribution in [1.82, 2.24) is 0 Å². The van der Waals surface area contributed by atoms with E-state index in [0.717, 1.165) is 6.07 Å². The summed E-state index contributed by atoms with van der Waals surface area (Å²) in [6.07, 6.45) is 0. The second-order valence-electron chi connectivity index (χ2n) is 2.95. The number of carboxylic acids is 1. The SMILES string of the molecule is O=C(O)c1cc(F)c(CO)cc1C(Cl)(Cl)Cl. The van der Waals surface area contributed by atoms with Crippen LogP contribution in [-0.2, 0) is 10.4 Å². The van der Waals surface area contributed by atoms with E-state index in [-0.39, 0.29) is 11.1 Å². The van der Waals surface area contributed by atoms with Gasteiger partial charge in [0.2, 0.25) is 3.79 Å². The molecule has 0 aliphatic rings. The summed E-state index contributed by atoms with van der Waals surface area (Å²) in [5.74, 6) is -2.28. The highest BCUT2D eigenvalue weighted by Crippen LogP contribution is 2.40. The molecule has 0 saturated heterocycles. The van der Waals surface area contributed by atoms with Crippen molar-refractivity contribution in [2.24, 2.45) is 0 Å². The fourth-order valence-electron chi connectivity index (χ4n) is 1.15. The largest absolute Gasteiger partial charge is 0.478 e. The highest BCUT2D eigenvalue weighted by Gasteiger charge is 2.30. The van der Waals surface area contributed by atoms with Crippen LogP contribution in [0.3, 0.4) is 0 Å². The van der Waals surface area contributed by atoms with Gasteiger partial charge in [-0.1, -0.05) is 34.8 Å². The number of alkyl halides is 3. The third-order valence-electron chi connectivity index (χ3n) is 1.89. The molecule has 1 aromatic carbocycles. The van der Waals surface area contributed by atoms with Crippen molar-refractivity contribution in [3.8, 4) is 0 Å². The van der Waals surface area contributed by atoms with Crippen molar-refractivity contribution in [1.29, 1.82) is 0 Å². The van der Waals surface area contributed by atoms with Crippen LogP contribution in [-0.4, -0.2) is 16.2 Å². The lowest BCUT2D eigenvalue weighted by Gasteiger charge is -2.15. The molecule has 2 N–H and O–H groups in total. The molecule has 0 atom stereocenters. The molecule has 7 heteroatoms. The van der Waals surface area contributed by atoms with Crippen LogP contribution in [0, 0.1) is 5.82 Å². The minimum atomic E-state index is -1.99. The topological polar surface area (TPSA) is 57.5 Å². The first-order valence-electron chi connectivity index (χ1n) is 4.01. The van der Waals surface area contributed by atoms with Gasteiger partial charge in [0.15, 0.2) is 0 Å². The fraction of sp³-hybridized carbons (Fsp3) is 0.222. The molecular formula is C9H6Cl3FO3. The predicted molar refractivity (Wildman–Crippen MR) is 58.5 cm³/mol. The predicted octanol–water partition coefficient (Wildman–Crippen LogP) is 2.84. The smallest absolute Gasteiger partial charge is 0.336 e. The summed E-state index contributed by atoms with van der Waals surface area (Å²) in [6.45, 7) is -0.612. The molecule has 0 aliphatic heterocycles.